The van der Waals surface area contributed by atoms with Gasteiger partial charge < -0.3 is 14.5 Å². The van der Waals surface area contributed by atoms with Gasteiger partial charge in [-0.1, -0.05) is 13.8 Å². The summed E-state index contributed by atoms with van der Waals surface area (Å²) in [6.45, 7) is 12.2. The summed E-state index contributed by atoms with van der Waals surface area (Å²) in [5.74, 6) is -0.0284. The van der Waals surface area contributed by atoms with Crippen LogP contribution < -0.4 is 0 Å². The summed E-state index contributed by atoms with van der Waals surface area (Å²) in [7, 11) is 1.66. The highest BCUT2D eigenvalue weighted by atomic mass is 16.5. The number of likely N-dealkylation sites (tertiary alicyclic amines) is 1. The zero-order valence-corrected chi connectivity index (χ0v) is 19.2. The fourth-order valence-electron chi connectivity index (χ4n) is 3.82. The first-order chi connectivity index (χ1) is 14.1. The van der Waals surface area contributed by atoms with Gasteiger partial charge in [0.25, 0.3) is 0 Å². The maximum atomic E-state index is 12.7. The number of piperidine rings is 1. The van der Waals surface area contributed by atoms with Crippen LogP contribution in [-0.4, -0.2) is 70.7 Å². The molecule has 0 aliphatic carbocycles. The quantitative estimate of drug-likeness (QED) is 0.600. The number of aryl methyl sites for hydroxylation is 1. The molecule has 1 aliphatic heterocycles. The lowest BCUT2D eigenvalue weighted by molar-refractivity contribution is -0.151. The van der Waals surface area contributed by atoms with E-state index in [1.165, 1.54) is 4.90 Å². The molecule has 1 aromatic heterocycles. The van der Waals surface area contributed by atoms with Crippen molar-refractivity contribution < 1.29 is 19.1 Å². The van der Waals surface area contributed by atoms with Crippen LogP contribution in [0.4, 0.5) is 0 Å². The molecule has 0 aromatic carbocycles. The predicted molar refractivity (Wildman–Crippen MR) is 114 cm³/mol. The highest BCUT2D eigenvalue weighted by Crippen LogP contribution is 2.19. The number of nitrogens with zero attached hydrogens (tertiary/aromatic N) is 4. The largest absolute Gasteiger partial charge is 0.466 e. The number of carbonyl (C=O) groups excluding carboxylic acids is 3. The maximum Gasteiger partial charge on any atom is 0.309 e. The average Bonchev–Trinajstić information content (AvgIpc) is 2.94. The molecule has 2 heterocycles. The Morgan fingerprint density at radius 1 is 1.20 bits per heavy atom. The maximum absolute atomic E-state index is 12.7. The first-order valence-electron chi connectivity index (χ1n) is 10.8. The van der Waals surface area contributed by atoms with Crippen LogP contribution in [0.25, 0.3) is 0 Å². The van der Waals surface area contributed by atoms with Gasteiger partial charge in [0.1, 0.15) is 0 Å². The minimum atomic E-state index is -0.180. The van der Waals surface area contributed by atoms with Crippen LogP contribution in [0, 0.1) is 25.7 Å². The zero-order chi connectivity index (χ0) is 22.4. The van der Waals surface area contributed by atoms with Gasteiger partial charge in [0.2, 0.25) is 11.8 Å². The molecule has 168 valence electrons. The van der Waals surface area contributed by atoms with Crippen molar-refractivity contribution in [2.45, 2.75) is 60.4 Å². The molecule has 1 aliphatic rings. The SMILES string of the molecule is CCOC(=O)C1CCN(C(=O)CN(C)C(=O)Cc2c(C)nn(CC(C)C)c2C)CC1. The topological polar surface area (TPSA) is 84.7 Å². The summed E-state index contributed by atoms with van der Waals surface area (Å²) in [5, 5.41) is 4.56. The van der Waals surface area contributed by atoms with Crippen LogP contribution >= 0.6 is 0 Å². The summed E-state index contributed by atoms with van der Waals surface area (Å²) < 4.78 is 7.03. The van der Waals surface area contributed by atoms with Crippen molar-refractivity contribution in [3.8, 4) is 0 Å². The smallest absolute Gasteiger partial charge is 0.309 e. The average molecular weight is 421 g/mol. The lowest BCUT2D eigenvalue weighted by atomic mass is 9.97. The zero-order valence-electron chi connectivity index (χ0n) is 19.2. The van der Waals surface area contributed by atoms with E-state index in [4.69, 9.17) is 4.74 Å². The Morgan fingerprint density at radius 2 is 1.83 bits per heavy atom. The number of esters is 1. The molecule has 0 spiro atoms. The Hall–Kier alpha value is -2.38. The van der Waals surface area contributed by atoms with Crippen molar-refractivity contribution >= 4 is 17.8 Å². The van der Waals surface area contributed by atoms with Crippen LogP contribution in [0.5, 0.6) is 0 Å². The summed E-state index contributed by atoms with van der Waals surface area (Å²) >= 11 is 0. The van der Waals surface area contributed by atoms with Gasteiger partial charge in [-0.25, -0.2) is 0 Å². The number of aromatic nitrogens is 2. The molecule has 0 bridgehead atoms. The molecule has 2 rings (SSSR count). The second-order valence-corrected chi connectivity index (χ2v) is 8.56. The van der Waals surface area contributed by atoms with Crippen LogP contribution in [0.1, 0.15) is 50.6 Å². The van der Waals surface area contributed by atoms with Gasteiger partial charge >= 0.3 is 5.97 Å². The van der Waals surface area contributed by atoms with Crippen molar-refractivity contribution in [3.63, 3.8) is 0 Å². The van der Waals surface area contributed by atoms with E-state index in [1.54, 1.807) is 18.9 Å². The molecular weight excluding hydrogens is 384 g/mol. The number of ether oxygens (including phenoxy) is 1. The first-order valence-corrected chi connectivity index (χ1v) is 10.8. The number of hydrogen-bond donors (Lipinski definition) is 0. The van der Waals surface area contributed by atoms with Gasteiger partial charge in [-0.3, -0.25) is 19.1 Å². The molecule has 1 saturated heterocycles. The van der Waals surface area contributed by atoms with Crippen LogP contribution in [0.3, 0.4) is 0 Å². The van der Waals surface area contributed by atoms with Gasteiger partial charge in [0, 0.05) is 37.9 Å². The van der Waals surface area contributed by atoms with Crippen LogP contribution in [0.15, 0.2) is 0 Å². The van der Waals surface area contributed by atoms with Gasteiger partial charge in [-0.05, 0) is 39.5 Å². The molecule has 2 amide bonds. The van der Waals surface area contributed by atoms with E-state index in [2.05, 4.69) is 18.9 Å². The second kappa shape index (κ2) is 10.6. The van der Waals surface area contributed by atoms with E-state index in [9.17, 15) is 14.4 Å². The minimum Gasteiger partial charge on any atom is -0.466 e. The Bertz CT molecular complexity index is 763. The van der Waals surface area contributed by atoms with Crippen molar-refractivity contribution in [1.29, 1.82) is 0 Å². The number of carbonyl (C=O) groups is 3. The number of hydrogen-bond acceptors (Lipinski definition) is 5. The lowest BCUT2D eigenvalue weighted by Gasteiger charge is -2.32. The van der Waals surface area contributed by atoms with Crippen molar-refractivity contribution in [2.75, 3.05) is 33.3 Å². The highest BCUT2D eigenvalue weighted by Gasteiger charge is 2.29. The third-order valence-corrected chi connectivity index (χ3v) is 5.66. The first kappa shape index (κ1) is 23.9. The Labute approximate surface area is 179 Å². The standard InChI is InChI=1S/C22H36N4O4/c1-7-30-22(29)18-8-10-25(11-9-18)21(28)14-24(6)20(27)12-19-16(4)23-26(17(19)5)13-15(2)3/h15,18H,7-14H2,1-6H3. The third-order valence-electron chi connectivity index (χ3n) is 5.66. The highest BCUT2D eigenvalue weighted by molar-refractivity contribution is 5.86. The molecule has 8 nitrogen and oxygen atoms in total. The normalized spacial score (nSPS) is 14.8. The molecule has 30 heavy (non-hydrogen) atoms. The predicted octanol–water partition coefficient (Wildman–Crippen LogP) is 1.96. The molecular formula is C22H36N4O4. The van der Waals surface area contributed by atoms with E-state index in [0.29, 0.717) is 38.5 Å². The molecule has 0 saturated carbocycles. The molecule has 0 radical (unpaired) electrons. The molecule has 1 fully saturated rings. The van der Waals surface area contributed by atoms with Crippen LogP contribution in [-0.2, 0) is 32.1 Å². The number of rotatable bonds is 8. The Balaban J connectivity index is 1.88. The summed E-state index contributed by atoms with van der Waals surface area (Å²) in [6, 6.07) is 0. The molecule has 8 heteroatoms. The van der Waals surface area contributed by atoms with E-state index in [-0.39, 0.29) is 36.7 Å². The number of amides is 2. The van der Waals surface area contributed by atoms with E-state index in [1.807, 2.05) is 18.5 Å². The van der Waals surface area contributed by atoms with E-state index >= 15 is 0 Å². The van der Waals surface area contributed by atoms with E-state index < -0.39 is 0 Å². The van der Waals surface area contributed by atoms with E-state index in [0.717, 1.165) is 23.5 Å². The van der Waals surface area contributed by atoms with Crippen molar-refractivity contribution in [1.82, 2.24) is 19.6 Å². The fraction of sp³-hybridized carbons (Fsp3) is 0.727. The van der Waals surface area contributed by atoms with Gasteiger partial charge in [0.15, 0.2) is 0 Å². The Morgan fingerprint density at radius 3 is 2.40 bits per heavy atom. The minimum absolute atomic E-state index is 0.0428. The molecule has 0 unspecified atom stereocenters. The Kier molecular flexibility index (Phi) is 8.43. The molecule has 0 atom stereocenters. The molecule has 0 N–H and O–H groups in total. The van der Waals surface area contributed by atoms with Crippen molar-refractivity contribution in [2.24, 2.45) is 11.8 Å². The van der Waals surface area contributed by atoms with Crippen LogP contribution in [0.2, 0.25) is 0 Å². The second-order valence-electron chi connectivity index (χ2n) is 8.56. The van der Waals surface area contributed by atoms with Gasteiger partial charge in [0.05, 0.1) is 31.2 Å². The number of likely N-dealkylation sites (N-methyl/N-ethyl adjacent to an activating group) is 1. The van der Waals surface area contributed by atoms with Crippen molar-refractivity contribution in [3.05, 3.63) is 17.0 Å². The fourth-order valence-corrected chi connectivity index (χ4v) is 3.82. The monoisotopic (exact) mass is 420 g/mol. The lowest BCUT2D eigenvalue weighted by Crippen LogP contribution is -2.46. The summed E-state index contributed by atoms with van der Waals surface area (Å²) in [6.07, 6.45) is 1.45. The van der Waals surface area contributed by atoms with Gasteiger partial charge in [-0.15, -0.1) is 0 Å². The summed E-state index contributed by atoms with van der Waals surface area (Å²) in [5.41, 5.74) is 2.81. The molecule has 1 aromatic rings. The summed E-state index contributed by atoms with van der Waals surface area (Å²) in [4.78, 5) is 40.4. The third kappa shape index (κ3) is 6.06. The van der Waals surface area contributed by atoms with Gasteiger partial charge in [-0.2, -0.15) is 5.10 Å².